The highest BCUT2D eigenvalue weighted by Crippen LogP contribution is 2.38. The topological polar surface area (TPSA) is 64.1 Å². The van der Waals surface area contributed by atoms with Gasteiger partial charge in [-0.1, -0.05) is 6.07 Å². The molecule has 2 fully saturated rings. The van der Waals surface area contributed by atoms with Crippen molar-refractivity contribution >= 4 is 5.91 Å². The molecule has 0 N–H and O–H groups in total. The van der Waals surface area contributed by atoms with Gasteiger partial charge in [0.1, 0.15) is 6.10 Å². The molecule has 2 saturated heterocycles. The van der Waals surface area contributed by atoms with Gasteiger partial charge < -0.3 is 19.1 Å². The van der Waals surface area contributed by atoms with Gasteiger partial charge in [0.25, 0.3) is 12.3 Å². The number of piperidine rings is 1. The second kappa shape index (κ2) is 11.0. The Morgan fingerprint density at radius 1 is 1.25 bits per heavy atom. The van der Waals surface area contributed by atoms with E-state index in [1.165, 1.54) is 13.2 Å². The van der Waals surface area contributed by atoms with E-state index in [2.05, 4.69) is 4.98 Å². The normalized spacial score (nSPS) is 20.2. The molecule has 10 heteroatoms. The van der Waals surface area contributed by atoms with Crippen LogP contribution in [0.4, 0.5) is 13.2 Å². The molecule has 0 saturated carbocycles. The Kier molecular flexibility index (Phi) is 8.04. The Hall–Kier alpha value is -2.85. The quantitative estimate of drug-likeness (QED) is 0.556. The number of hydrogen-bond donors (Lipinski definition) is 0. The molecule has 0 radical (unpaired) electrons. The summed E-state index contributed by atoms with van der Waals surface area (Å²) in [5, 5.41) is 0. The molecule has 0 bridgehead atoms. The molecule has 1 spiro atoms. The van der Waals surface area contributed by atoms with Gasteiger partial charge in [-0.3, -0.25) is 14.7 Å². The third-order valence-electron chi connectivity index (χ3n) is 6.53. The summed E-state index contributed by atoms with van der Waals surface area (Å²) < 4.78 is 58.5. The van der Waals surface area contributed by atoms with Crippen LogP contribution in [0.15, 0.2) is 36.5 Å². The molecule has 1 aromatic heterocycles. The average molecular weight is 508 g/mol. The Morgan fingerprint density at radius 3 is 2.61 bits per heavy atom. The van der Waals surface area contributed by atoms with Gasteiger partial charge in [0.05, 0.1) is 31.1 Å². The standard InChI is InChI=1S/C26H32F3N3O4/c1-17(2)35-24-19(27)12-18(13-21(24)34-3)25(33)32-10-7-26(8-11-32)16-31(15-23(28)29)14-22(36-26)20-6-4-5-9-30-20/h4-6,9,12-13,17,22-23H,7-8,10-11,14-16H2,1-3H3. The van der Waals surface area contributed by atoms with Crippen molar-refractivity contribution in [3.05, 3.63) is 53.6 Å². The first-order valence-corrected chi connectivity index (χ1v) is 12.1. The number of benzene rings is 1. The summed E-state index contributed by atoms with van der Waals surface area (Å²) in [5.74, 6) is -0.884. The van der Waals surface area contributed by atoms with Gasteiger partial charge in [0, 0.05) is 37.9 Å². The number of nitrogens with zero attached hydrogens (tertiary/aromatic N) is 3. The number of aromatic nitrogens is 1. The molecule has 0 aliphatic carbocycles. The Balaban J connectivity index is 1.49. The van der Waals surface area contributed by atoms with Crippen LogP contribution in [-0.4, -0.2) is 78.7 Å². The number of morpholine rings is 1. The van der Waals surface area contributed by atoms with Crippen LogP contribution in [0.2, 0.25) is 0 Å². The van der Waals surface area contributed by atoms with Gasteiger partial charge in [-0.25, -0.2) is 13.2 Å². The van der Waals surface area contributed by atoms with Gasteiger partial charge in [0.2, 0.25) is 0 Å². The molecule has 2 aliphatic rings. The lowest BCUT2D eigenvalue weighted by Gasteiger charge is -2.49. The van der Waals surface area contributed by atoms with Crippen LogP contribution < -0.4 is 9.47 Å². The van der Waals surface area contributed by atoms with E-state index in [0.29, 0.717) is 44.7 Å². The van der Waals surface area contributed by atoms with Gasteiger partial charge in [0.15, 0.2) is 17.3 Å². The molecule has 1 amide bonds. The predicted molar refractivity (Wildman–Crippen MR) is 127 cm³/mol. The summed E-state index contributed by atoms with van der Waals surface area (Å²) in [6, 6.07) is 8.11. The lowest BCUT2D eigenvalue weighted by atomic mass is 9.87. The SMILES string of the molecule is COc1cc(C(=O)N2CCC3(CC2)CN(CC(F)F)CC(c2ccccn2)O3)cc(F)c1OC(C)C. The van der Waals surface area contributed by atoms with E-state index in [4.69, 9.17) is 14.2 Å². The van der Waals surface area contributed by atoms with Crippen molar-refractivity contribution in [1.29, 1.82) is 0 Å². The zero-order valence-electron chi connectivity index (χ0n) is 20.8. The zero-order chi connectivity index (χ0) is 25.9. The number of pyridine rings is 1. The zero-order valence-corrected chi connectivity index (χ0v) is 20.8. The number of alkyl halides is 2. The second-order valence-corrected chi connectivity index (χ2v) is 9.58. The maximum Gasteiger partial charge on any atom is 0.254 e. The second-order valence-electron chi connectivity index (χ2n) is 9.58. The number of ether oxygens (including phenoxy) is 3. The minimum atomic E-state index is -2.46. The van der Waals surface area contributed by atoms with Crippen LogP contribution in [0.3, 0.4) is 0 Å². The van der Waals surface area contributed by atoms with Crippen molar-refractivity contribution in [3.63, 3.8) is 0 Å². The maximum atomic E-state index is 14.8. The van der Waals surface area contributed by atoms with E-state index >= 15 is 0 Å². The monoisotopic (exact) mass is 507 g/mol. The van der Waals surface area contributed by atoms with Crippen LogP contribution in [0.25, 0.3) is 0 Å². The fraction of sp³-hybridized carbons (Fsp3) is 0.538. The van der Waals surface area contributed by atoms with Gasteiger partial charge in [-0.15, -0.1) is 0 Å². The summed E-state index contributed by atoms with van der Waals surface area (Å²) in [6.07, 6.45) is -0.565. The van der Waals surface area contributed by atoms with Crippen molar-refractivity contribution in [2.24, 2.45) is 0 Å². The average Bonchev–Trinajstić information content (AvgIpc) is 2.85. The van der Waals surface area contributed by atoms with Crippen molar-refractivity contribution in [3.8, 4) is 11.5 Å². The van der Waals surface area contributed by atoms with E-state index in [-0.39, 0.29) is 35.6 Å². The van der Waals surface area contributed by atoms with Crippen LogP contribution >= 0.6 is 0 Å². The first-order chi connectivity index (χ1) is 17.2. The first-order valence-electron chi connectivity index (χ1n) is 12.1. The van der Waals surface area contributed by atoms with Crippen molar-refractivity contribution < 1.29 is 32.2 Å². The molecular weight excluding hydrogens is 475 g/mol. The number of carbonyl (C=O) groups excluding carboxylic acids is 1. The number of carbonyl (C=O) groups is 1. The highest BCUT2D eigenvalue weighted by atomic mass is 19.3. The molecular formula is C26H32F3N3O4. The molecule has 3 heterocycles. The van der Waals surface area contributed by atoms with Crippen molar-refractivity contribution in [2.45, 2.75) is 50.9 Å². The van der Waals surface area contributed by atoms with E-state index in [1.54, 1.807) is 35.9 Å². The van der Waals surface area contributed by atoms with Crippen LogP contribution in [-0.2, 0) is 4.74 Å². The molecule has 196 valence electrons. The minimum absolute atomic E-state index is 0.0306. The molecule has 7 nitrogen and oxygen atoms in total. The molecule has 1 aromatic carbocycles. The van der Waals surface area contributed by atoms with E-state index in [0.717, 1.165) is 6.07 Å². The summed E-state index contributed by atoms with van der Waals surface area (Å²) in [4.78, 5) is 20.9. The molecule has 2 aliphatic heterocycles. The number of rotatable bonds is 7. The van der Waals surface area contributed by atoms with Crippen LogP contribution in [0.5, 0.6) is 11.5 Å². The van der Waals surface area contributed by atoms with Crippen LogP contribution in [0, 0.1) is 5.82 Å². The van der Waals surface area contributed by atoms with Crippen molar-refractivity contribution in [1.82, 2.24) is 14.8 Å². The van der Waals surface area contributed by atoms with E-state index < -0.39 is 23.9 Å². The molecule has 2 aromatic rings. The van der Waals surface area contributed by atoms with Crippen molar-refractivity contribution in [2.75, 3.05) is 39.8 Å². The number of hydrogen-bond acceptors (Lipinski definition) is 6. The first kappa shape index (κ1) is 26.2. The lowest BCUT2D eigenvalue weighted by Crippen LogP contribution is -2.58. The summed E-state index contributed by atoms with van der Waals surface area (Å²) in [5.41, 5.74) is 0.177. The fourth-order valence-electron chi connectivity index (χ4n) is 4.91. The third kappa shape index (κ3) is 5.92. The lowest BCUT2D eigenvalue weighted by molar-refractivity contribution is -0.181. The predicted octanol–water partition coefficient (Wildman–Crippen LogP) is 4.33. The van der Waals surface area contributed by atoms with E-state index in [1.807, 2.05) is 12.1 Å². The van der Waals surface area contributed by atoms with E-state index in [9.17, 15) is 18.0 Å². The molecule has 36 heavy (non-hydrogen) atoms. The molecule has 1 atom stereocenters. The van der Waals surface area contributed by atoms with Crippen LogP contribution in [0.1, 0.15) is 48.8 Å². The fourth-order valence-corrected chi connectivity index (χ4v) is 4.91. The number of halogens is 3. The number of likely N-dealkylation sites (tertiary alicyclic amines) is 1. The number of amides is 1. The maximum absolute atomic E-state index is 14.8. The highest BCUT2D eigenvalue weighted by Gasteiger charge is 2.45. The summed E-state index contributed by atoms with van der Waals surface area (Å²) >= 11 is 0. The highest BCUT2D eigenvalue weighted by molar-refractivity contribution is 5.95. The number of methoxy groups -OCH3 is 1. The molecule has 1 unspecified atom stereocenters. The van der Waals surface area contributed by atoms with Gasteiger partial charge in [-0.05, 0) is 51.0 Å². The Bertz CT molecular complexity index is 1050. The third-order valence-corrected chi connectivity index (χ3v) is 6.53. The Labute approximate surface area is 209 Å². The molecule has 4 rings (SSSR count). The Morgan fingerprint density at radius 2 is 2.00 bits per heavy atom. The largest absolute Gasteiger partial charge is 0.493 e. The van der Waals surface area contributed by atoms with Gasteiger partial charge >= 0.3 is 0 Å². The summed E-state index contributed by atoms with van der Waals surface area (Å²) in [7, 11) is 1.39. The van der Waals surface area contributed by atoms with Gasteiger partial charge in [-0.2, -0.15) is 0 Å². The smallest absolute Gasteiger partial charge is 0.254 e. The summed E-state index contributed by atoms with van der Waals surface area (Å²) in [6.45, 7) is 4.59. The minimum Gasteiger partial charge on any atom is -0.493 e.